The molecule has 0 radical (unpaired) electrons. The summed E-state index contributed by atoms with van der Waals surface area (Å²) in [7, 11) is -4.30. The number of carbonyl (C=O) groups excluding carboxylic acids is 1. The van der Waals surface area contributed by atoms with Gasteiger partial charge in [-0.2, -0.15) is 0 Å². The highest BCUT2D eigenvalue weighted by Crippen LogP contribution is 2.43. The highest BCUT2D eigenvalue weighted by atomic mass is 32.2. The van der Waals surface area contributed by atoms with Crippen molar-refractivity contribution in [1.82, 2.24) is 4.72 Å². The Morgan fingerprint density at radius 3 is 1.65 bits per heavy atom. The highest BCUT2D eigenvalue weighted by Gasteiger charge is 2.32. The van der Waals surface area contributed by atoms with E-state index in [9.17, 15) is 23.3 Å². The van der Waals surface area contributed by atoms with Crippen molar-refractivity contribution in [2.75, 3.05) is 0 Å². The van der Waals surface area contributed by atoms with Gasteiger partial charge in [-0.15, -0.1) is 0 Å². The summed E-state index contributed by atoms with van der Waals surface area (Å²) in [6, 6.07) is 8.24. The number of amides is 1. The maximum Gasteiger partial charge on any atom is 0.426 e. The Morgan fingerprint density at radius 2 is 1.29 bits per heavy atom. The number of sulfonamides is 1. The minimum atomic E-state index is -4.30. The largest absolute Gasteiger partial charge is 0.426 e. The zero-order chi connectivity index (χ0) is 26.3. The number of nitro benzene ring substituents is 1. The molecule has 9 heteroatoms. The molecule has 34 heavy (non-hydrogen) atoms. The summed E-state index contributed by atoms with van der Waals surface area (Å²) in [5, 5.41) is 10.8. The molecule has 186 valence electrons. The van der Waals surface area contributed by atoms with Crippen molar-refractivity contribution in [3.8, 4) is 5.75 Å². The Bertz CT molecular complexity index is 1160. The van der Waals surface area contributed by atoms with Crippen LogP contribution >= 0.6 is 0 Å². The molecule has 0 saturated carbocycles. The molecule has 2 aromatic carbocycles. The van der Waals surface area contributed by atoms with Crippen molar-refractivity contribution in [3.05, 3.63) is 63.2 Å². The van der Waals surface area contributed by atoms with E-state index in [2.05, 4.69) is 20.8 Å². The summed E-state index contributed by atoms with van der Waals surface area (Å²) in [6.45, 7) is 18.3. The number of nitrogens with one attached hydrogen (secondary N) is 1. The van der Waals surface area contributed by atoms with Crippen LogP contribution < -0.4 is 9.46 Å². The van der Waals surface area contributed by atoms with Crippen molar-refractivity contribution in [3.63, 3.8) is 0 Å². The quantitative estimate of drug-likeness (QED) is 0.417. The number of carbonyl (C=O) groups is 1. The Labute approximate surface area is 201 Å². The standard InChI is InChI=1S/C25H34N2O6S/c1-23(2,3)16-14-19(24(4,5)6)21(20(15-16)25(7,8)9)33-22(28)26-34(31,32)18-12-10-17(11-13-18)27(29)30/h10-15H,1-9H3,(H,26,28). The number of benzene rings is 2. The average Bonchev–Trinajstić information content (AvgIpc) is 2.65. The predicted octanol–water partition coefficient (Wildman–Crippen LogP) is 5.96. The number of nitrogens with zero attached hydrogens (tertiary/aromatic N) is 1. The molecule has 2 rings (SSSR count). The van der Waals surface area contributed by atoms with Crippen LogP contribution in [-0.2, 0) is 26.3 Å². The third-order valence-corrected chi connectivity index (χ3v) is 6.67. The lowest BCUT2D eigenvalue weighted by Crippen LogP contribution is -2.34. The summed E-state index contributed by atoms with van der Waals surface area (Å²) in [5.74, 6) is 0.324. The van der Waals surface area contributed by atoms with Crippen LogP contribution in [0, 0.1) is 10.1 Å². The van der Waals surface area contributed by atoms with Gasteiger partial charge in [-0.1, -0.05) is 74.4 Å². The molecule has 0 aliphatic rings. The van der Waals surface area contributed by atoms with Gasteiger partial charge in [0.2, 0.25) is 0 Å². The van der Waals surface area contributed by atoms with Crippen LogP contribution in [0.2, 0.25) is 0 Å². The summed E-state index contributed by atoms with van der Waals surface area (Å²) in [4.78, 5) is 22.7. The smallest absolute Gasteiger partial charge is 0.409 e. The van der Waals surface area contributed by atoms with Gasteiger partial charge in [0.05, 0.1) is 9.82 Å². The van der Waals surface area contributed by atoms with Crippen LogP contribution in [0.15, 0.2) is 41.3 Å². The van der Waals surface area contributed by atoms with Gasteiger partial charge in [0.1, 0.15) is 5.75 Å². The molecular formula is C25H34N2O6S. The minimum Gasteiger partial charge on any atom is -0.409 e. The molecule has 0 aliphatic carbocycles. The molecule has 0 bridgehead atoms. The van der Waals surface area contributed by atoms with E-state index in [1.165, 1.54) is 0 Å². The van der Waals surface area contributed by atoms with Gasteiger partial charge in [0, 0.05) is 23.3 Å². The van der Waals surface area contributed by atoms with Crippen molar-refractivity contribution >= 4 is 21.8 Å². The molecule has 0 aliphatic heterocycles. The molecule has 0 unspecified atom stereocenters. The third-order valence-electron chi connectivity index (χ3n) is 5.34. The molecule has 0 heterocycles. The molecule has 1 amide bonds. The Morgan fingerprint density at radius 1 is 0.853 bits per heavy atom. The second-order valence-electron chi connectivity index (χ2n) is 11.4. The first kappa shape index (κ1) is 27.3. The van der Waals surface area contributed by atoms with E-state index >= 15 is 0 Å². The van der Waals surface area contributed by atoms with E-state index in [0.29, 0.717) is 5.75 Å². The second kappa shape index (κ2) is 9.02. The number of hydrogen-bond acceptors (Lipinski definition) is 6. The average molecular weight is 491 g/mol. The Balaban J connectivity index is 2.52. The Kier molecular flexibility index (Phi) is 7.24. The number of rotatable bonds is 4. The first-order chi connectivity index (χ1) is 15.2. The van der Waals surface area contributed by atoms with Gasteiger partial charge in [-0.3, -0.25) is 10.1 Å². The maximum atomic E-state index is 12.8. The lowest BCUT2D eigenvalue weighted by molar-refractivity contribution is -0.384. The Hall–Kier alpha value is -2.94. The molecule has 0 atom stereocenters. The first-order valence-electron chi connectivity index (χ1n) is 10.9. The first-order valence-corrected chi connectivity index (χ1v) is 12.4. The van der Waals surface area contributed by atoms with Gasteiger partial charge in [0.15, 0.2) is 0 Å². The molecule has 8 nitrogen and oxygen atoms in total. The van der Waals surface area contributed by atoms with Crippen LogP contribution in [0.4, 0.5) is 10.5 Å². The number of hydrogen-bond donors (Lipinski definition) is 1. The molecular weight excluding hydrogens is 456 g/mol. The van der Waals surface area contributed by atoms with Gasteiger partial charge in [-0.25, -0.2) is 17.9 Å². The summed E-state index contributed by atoms with van der Waals surface area (Å²) in [6.07, 6.45) is -1.15. The third kappa shape index (κ3) is 6.34. The fourth-order valence-corrected chi connectivity index (χ4v) is 4.19. The lowest BCUT2D eigenvalue weighted by atomic mass is 9.75. The summed E-state index contributed by atoms with van der Waals surface area (Å²) in [5.41, 5.74) is 1.45. The van der Waals surface area contributed by atoms with Gasteiger partial charge < -0.3 is 4.74 Å². The number of nitro groups is 1. The van der Waals surface area contributed by atoms with Crippen molar-refractivity contribution in [2.45, 2.75) is 83.5 Å². The molecule has 2 aromatic rings. The molecule has 0 aromatic heterocycles. The van der Waals surface area contributed by atoms with Crippen LogP contribution in [-0.4, -0.2) is 19.4 Å². The monoisotopic (exact) mass is 490 g/mol. The second-order valence-corrected chi connectivity index (χ2v) is 13.1. The van der Waals surface area contributed by atoms with Crippen LogP contribution in [0.5, 0.6) is 5.75 Å². The minimum absolute atomic E-state index is 0.153. The van der Waals surface area contributed by atoms with Crippen molar-refractivity contribution < 1.29 is 22.9 Å². The SMILES string of the molecule is CC(C)(C)c1cc(C(C)(C)C)c(OC(=O)NS(=O)(=O)c2ccc([N+](=O)[O-])cc2)c(C(C)(C)C)c1. The van der Waals surface area contributed by atoms with E-state index in [4.69, 9.17) is 4.74 Å². The summed E-state index contributed by atoms with van der Waals surface area (Å²) >= 11 is 0. The zero-order valence-corrected chi connectivity index (χ0v) is 22.1. The highest BCUT2D eigenvalue weighted by molar-refractivity contribution is 7.90. The van der Waals surface area contributed by atoms with Crippen LogP contribution in [0.25, 0.3) is 0 Å². The molecule has 1 N–H and O–H groups in total. The van der Waals surface area contributed by atoms with Gasteiger partial charge >= 0.3 is 6.09 Å². The normalized spacial score (nSPS) is 12.9. The van der Waals surface area contributed by atoms with E-state index in [0.717, 1.165) is 41.0 Å². The molecule has 0 fully saturated rings. The van der Waals surface area contributed by atoms with E-state index in [1.54, 1.807) is 0 Å². The fraction of sp³-hybridized carbons (Fsp3) is 0.480. The predicted molar refractivity (Wildman–Crippen MR) is 132 cm³/mol. The number of ether oxygens (including phenoxy) is 1. The van der Waals surface area contributed by atoms with E-state index in [-0.39, 0.29) is 16.0 Å². The lowest BCUT2D eigenvalue weighted by Gasteiger charge is -2.32. The van der Waals surface area contributed by atoms with E-state index in [1.807, 2.05) is 58.4 Å². The van der Waals surface area contributed by atoms with E-state index < -0.39 is 31.9 Å². The summed E-state index contributed by atoms with van der Waals surface area (Å²) < 4.78 is 33.0. The van der Waals surface area contributed by atoms with Gasteiger partial charge in [-0.05, 0) is 33.9 Å². The van der Waals surface area contributed by atoms with Crippen molar-refractivity contribution in [1.29, 1.82) is 0 Å². The van der Waals surface area contributed by atoms with Crippen LogP contribution in [0.3, 0.4) is 0 Å². The topological polar surface area (TPSA) is 116 Å². The maximum absolute atomic E-state index is 12.8. The zero-order valence-electron chi connectivity index (χ0n) is 21.3. The molecule has 0 saturated heterocycles. The van der Waals surface area contributed by atoms with Crippen molar-refractivity contribution in [2.24, 2.45) is 0 Å². The van der Waals surface area contributed by atoms with Crippen LogP contribution in [0.1, 0.15) is 79.0 Å². The number of non-ortho nitro benzene ring substituents is 1. The van der Waals surface area contributed by atoms with Gasteiger partial charge in [0.25, 0.3) is 15.7 Å². The molecule has 0 spiro atoms. The fourth-order valence-electron chi connectivity index (χ4n) is 3.32.